The normalized spacial score (nSPS) is 25.7. The van der Waals surface area contributed by atoms with Crippen molar-refractivity contribution in [2.45, 2.75) is 13.0 Å². The third-order valence-electron chi connectivity index (χ3n) is 1.64. The molecule has 10 heavy (non-hydrogen) atoms. The Morgan fingerprint density at radius 2 is 2.50 bits per heavy atom. The van der Waals surface area contributed by atoms with Crippen LogP contribution < -0.4 is 0 Å². The van der Waals surface area contributed by atoms with E-state index in [1.54, 1.807) is 6.21 Å². The molecule has 1 unspecified atom stereocenters. The van der Waals surface area contributed by atoms with Crippen molar-refractivity contribution < 1.29 is 10.2 Å². The third kappa shape index (κ3) is 1.25. The molecule has 0 radical (unpaired) electrons. The molecule has 0 saturated heterocycles. The first kappa shape index (κ1) is 7.44. The molecule has 1 atom stereocenters. The van der Waals surface area contributed by atoms with Gasteiger partial charge in [-0.05, 0) is 18.1 Å². The highest BCUT2D eigenvalue weighted by atomic mass is 16.3. The van der Waals surface area contributed by atoms with Crippen LogP contribution in [0.3, 0.4) is 0 Å². The van der Waals surface area contributed by atoms with Crippen LogP contribution in [0, 0.1) is 0 Å². The van der Waals surface area contributed by atoms with Crippen molar-refractivity contribution in [1.29, 1.82) is 0 Å². The lowest BCUT2D eigenvalue weighted by molar-refractivity contribution is 0.192. The molecule has 3 heteroatoms. The molecule has 0 saturated carbocycles. The Morgan fingerprint density at radius 3 is 2.90 bits per heavy atom. The summed E-state index contributed by atoms with van der Waals surface area (Å²) in [4.78, 5) is 3.89. The number of aliphatic hydroxyl groups is 2. The third-order valence-corrected chi connectivity index (χ3v) is 1.64. The molecule has 0 aliphatic carbocycles. The zero-order valence-electron chi connectivity index (χ0n) is 5.91. The Balaban J connectivity index is 2.83. The minimum Gasteiger partial charge on any atom is -0.392 e. The number of allylic oxidation sites excluding steroid dienone is 1. The molecule has 0 fully saturated rings. The Labute approximate surface area is 59.7 Å². The smallest absolute Gasteiger partial charge is 0.0973 e. The largest absolute Gasteiger partial charge is 0.392 e. The second-order valence-electron chi connectivity index (χ2n) is 2.38. The number of dihydropyridines is 1. The maximum absolute atomic E-state index is 9.21. The van der Waals surface area contributed by atoms with E-state index in [9.17, 15) is 5.11 Å². The summed E-state index contributed by atoms with van der Waals surface area (Å²) in [6.07, 6.45) is 1.10. The first-order valence-electron chi connectivity index (χ1n) is 3.24. The lowest BCUT2D eigenvalue weighted by Crippen LogP contribution is -2.22. The van der Waals surface area contributed by atoms with E-state index < -0.39 is 6.10 Å². The fourth-order valence-corrected chi connectivity index (χ4v) is 0.975. The van der Waals surface area contributed by atoms with Crippen molar-refractivity contribution in [3.8, 4) is 0 Å². The van der Waals surface area contributed by atoms with Crippen molar-refractivity contribution in [3.63, 3.8) is 0 Å². The number of aliphatic hydroxyl groups excluding tert-OH is 2. The van der Waals surface area contributed by atoms with Gasteiger partial charge < -0.3 is 10.2 Å². The Bertz CT molecular complexity index is 184. The van der Waals surface area contributed by atoms with Crippen LogP contribution in [-0.2, 0) is 0 Å². The van der Waals surface area contributed by atoms with Crippen molar-refractivity contribution in [3.05, 3.63) is 11.1 Å². The summed E-state index contributed by atoms with van der Waals surface area (Å²) in [6, 6.07) is 0. The number of hydrogen-bond donors (Lipinski definition) is 2. The first-order chi connectivity index (χ1) is 4.75. The first-order valence-corrected chi connectivity index (χ1v) is 3.24. The monoisotopic (exact) mass is 141 g/mol. The number of rotatable bonds is 1. The Hall–Kier alpha value is -0.670. The summed E-state index contributed by atoms with van der Waals surface area (Å²) >= 11 is 0. The maximum Gasteiger partial charge on any atom is 0.0973 e. The molecule has 1 heterocycles. The fraction of sp³-hybridized carbons (Fsp3) is 0.571. The summed E-state index contributed by atoms with van der Waals surface area (Å²) in [7, 11) is 0. The summed E-state index contributed by atoms with van der Waals surface area (Å²) in [5.41, 5.74) is 1.57. The fourth-order valence-electron chi connectivity index (χ4n) is 0.975. The van der Waals surface area contributed by atoms with Crippen LogP contribution in [0.25, 0.3) is 0 Å². The number of hydrogen-bond acceptors (Lipinski definition) is 3. The van der Waals surface area contributed by atoms with E-state index in [-0.39, 0.29) is 6.61 Å². The van der Waals surface area contributed by atoms with E-state index in [1.807, 2.05) is 6.92 Å². The van der Waals surface area contributed by atoms with Gasteiger partial charge in [0.25, 0.3) is 0 Å². The molecular formula is C7H11NO2. The topological polar surface area (TPSA) is 52.8 Å². The van der Waals surface area contributed by atoms with Gasteiger partial charge in [0.05, 0.1) is 19.3 Å². The van der Waals surface area contributed by atoms with Gasteiger partial charge in [-0.15, -0.1) is 0 Å². The molecule has 0 aromatic rings. The van der Waals surface area contributed by atoms with Crippen molar-refractivity contribution in [1.82, 2.24) is 0 Å². The lowest BCUT2D eigenvalue weighted by atomic mass is 10.0. The van der Waals surface area contributed by atoms with Crippen LogP contribution in [0.15, 0.2) is 16.1 Å². The predicted octanol–water partition coefficient (Wildman–Crippen LogP) is -0.259. The van der Waals surface area contributed by atoms with Crippen LogP contribution in [0.4, 0.5) is 0 Å². The summed E-state index contributed by atoms with van der Waals surface area (Å²) in [6.45, 7) is 2.14. The molecule has 0 amide bonds. The molecule has 0 spiro atoms. The van der Waals surface area contributed by atoms with Gasteiger partial charge in [0.1, 0.15) is 0 Å². The SMILES string of the molecule is CC1=C(CO)C(O)CN=C1. The van der Waals surface area contributed by atoms with Gasteiger partial charge in [-0.1, -0.05) is 0 Å². The van der Waals surface area contributed by atoms with Crippen LogP contribution >= 0.6 is 0 Å². The summed E-state index contributed by atoms with van der Waals surface area (Å²) in [5.74, 6) is 0. The average Bonchev–Trinajstić information content (AvgIpc) is 1.88. The average molecular weight is 141 g/mol. The molecule has 2 N–H and O–H groups in total. The Morgan fingerprint density at radius 1 is 1.80 bits per heavy atom. The minimum absolute atomic E-state index is 0.0704. The zero-order valence-corrected chi connectivity index (χ0v) is 5.91. The van der Waals surface area contributed by atoms with Gasteiger partial charge in [0.2, 0.25) is 0 Å². The zero-order chi connectivity index (χ0) is 7.56. The van der Waals surface area contributed by atoms with E-state index in [0.29, 0.717) is 12.1 Å². The van der Waals surface area contributed by atoms with Crippen molar-refractivity contribution in [2.24, 2.45) is 4.99 Å². The van der Waals surface area contributed by atoms with Gasteiger partial charge in [-0.25, -0.2) is 0 Å². The molecule has 0 aromatic heterocycles. The highest BCUT2D eigenvalue weighted by molar-refractivity contribution is 5.80. The lowest BCUT2D eigenvalue weighted by Gasteiger charge is -2.16. The van der Waals surface area contributed by atoms with E-state index in [0.717, 1.165) is 5.57 Å². The number of nitrogens with zero attached hydrogens (tertiary/aromatic N) is 1. The van der Waals surface area contributed by atoms with Crippen LogP contribution in [-0.4, -0.2) is 35.7 Å². The highest BCUT2D eigenvalue weighted by Gasteiger charge is 2.14. The van der Waals surface area contributed by atoms with Crippen LogP contribution in [0.2, 0.25) is 0 Å². The van der Waals surface area contributed by atoms with Gasteiger partial charge in [0.15, 0.2) is 0 Å². The molecule has 56 valence electrons. The quantitative estimate of drug-likeness (QED) is 0.528. The second kappa shape index (κ2) is 2.94. The molecule has 3 nitrogen and oxygen atoms in total. The summed E-state index contributed by atoms with van der Waals surface area (Å²) < 4.78 is 0. The molecular weight excluding hydrogens is 130 g/mol. The Kier molecular flexibility index (Phi) is 2.19. The summed E-state index contributed by atoms with van der Waals surface area (Å²) in [5, 5.41) is 18.0. The second-order valence-corrected chi connectivity index (χ2v) is 2.38. The van der Waals surface area contributed by atoms with E-state index in [1.165, 1.54) is 0 Å². The van der Waals surface area contributed by atoms with E-state index >= 15 is 0 Å². The molecule has 0 aromatic carbocycles. The maximum atomic E-state index is 9.21. The van der Waals surface area contributed by atoms with Crippen LogP contribution in [0.1, 0.15) is 6.92 Å². The minimum atomic E-state index is -0.574. The highest BCUT2D eigenvalue weighted by Crippen LogP contribution is 2.11. The molecule has 1 rings (SSSR count). The van der Waals surface area contributed by atoms with E-state index in [2.05, 4.69) is 4.99 Å². The van der Waals surface area contributed by atoms with Gasteiger partial charge >= 0.3 is 0 Å². The van der Waals surface area contributed by atoms with Gasteiger partial charge in [-0.2, -0.15) is 0 Å². The number of aliphatic imine (C=N–C) groups is 1. The van der Waals surface area contributed by atoms with Crippen molar-refractivity contribution >= 4 is 6.21 Å². The predicted molar refractivity (Wildman–Crippen MR) is 39.2 cm³/mol. The van der Waals surface area contributed by atoms with Crippen LogP contribution in [0.5, 0.6) is 0 Å². The molecule has 1 aliphatic rings. The molecule has 1 aliphatic heterocycles. The van der Waals surface area contributed by atoms with Gasteiger partial charge in [-0.3, -0.25) is 4.99 Å². The standard InChI is InChI=1S/C7H11NO2/c1-5-2-8-3-7(10)6(5)4-9/h2,7,9-10H,3-4H2,1H3. The van der Waals surface area contributed by atoms with Crippen molar-refractivity contribution in [2.75, 3.05) is 13.2 Å². The molecule has 0 bridgehead atoms. The van der Waals surface area contributed by atoms with E-state index in [4.69, 9.17) is 5.11 Å². The van der Waals surface area contributed by atoms with Gasteiger partial charge in [0, 0.05) is 6.21 Å².